The van der Waals surface area contributed by atoms with Gasteiger partial charge in [0.2, 0.25) is 0 Å². The maximum atomic E-state index is 2.73. The van der Waals surface area contributed by atoms with Crippen LogP contribution in [-0.2, 0) is 20.0 Å². The molecule has 14 nitrogen and oxygen atoms in total. The molecule has 14 aliphatic rings. The van der Waals surface area contributed by atoms with Crippen LogP contribution in [0.2, 0.25) is 0 Å². The number of anilines is 6. The van der Waals surface area contributed by atoms with E-state index in [0.29, 0.717) is 54.9 Å². The molecule has 2 saturated carbocycles. The summed E-state index contributed by atoms with van der Waals surface area (Å²) in [7, 11) is 6.78. The molecule has 14 heteroatoms. The largest absolute Gasteiger partial charge is 0.353 e. The van der Waals surface area contributed by atoms with Gasteiger partial charge in [-0.3, -0.25) is 14.7 Å². The normalized spacial score (nSPS) is 23.1. The summed E-state index contributed by atoms with van der Waals surface area (Å²) in [5.41, 5.74) is 34.9. The molecule has 5 aromatic heterocycles. The van der Waals surface area contributed by atoms with E-state index in [1.54, 1.807) is 0 Å². The molecule has 11 aliphatic heterocycles. The second-order valence-electron chi connectivity index (χ2n) is 44.4. The lowest BCUT2D eigenvalue weighted by Crippen LogP contribution is -2.56. The maximum absolute atomic E-state index is 2.73. The van der Waals surface area contributed by atoms with Gasteiger partial charge in [-0.15, -0.1) is 0 Å². The summed E-state index contributed by atoms with van der Waals surface area (Å²) in [5, 5.41) is 10.6. The molecule has 0 spiro atoms. The van der Waals surface area contributed by atoms with Crippen molar-refractivity contribution in [3.05, 3.63) is 408 Å². The summed E-state index contributed by atoms with van der Waals surface area (Å²) in [6.45, 7) is 24.4. The first-order chi connectivity index (χ1) is 72.4. The number of benzene rings is 15. The second-order valence-corrected chi connectivity index (χ2v) is 44.4. The fraction of sp³-hybridized carbons (Fsp3) is 0.299. The van der Waals surface area contributed by atoms with Crippen LogP contribution in [0.15, 0.2) is 358 Å². The van der Waals surface area contributed by atoms with E-state index in [9.17, 15) is 0 Å². The van der Waals surface area contributed by atoms with Gasteiger partial charge in [-0.1, -0.05) is 212 Å². The Bertz CT molecular complexity index is 8380. The molecular formula is C134H138N14. The van der Waals surface area contributed by atoms with E-state index in [2.05, 4.69) is 508 Å². The highest BCUT2D eigenvalue weighted by Crippen LogP contribution is 2.54. The fourth-order valence-corrected chi connectivity index (χ4v) is 29.2. The van der Waals surface area contributed by atoms with Crippen molar-refractivity contribution in [2.24, 2.45) is 13.0 Å². The van der Waals surface area contributed by atoms with Crippen molar-refractivity contribution in [1.82, 2.24) is 37.5 Å². The molecule has 8 fully saturated rings. The van der Waals surface area contributed by atoms with E-state index in [-0.39, 0.29) is 0 Å². The van der Waals surface area contributed by atoms with Crippen LogP contribution in [-0.4, -0.2) is 120 Å². The van der Waals surface area contributed by atoms with Crippen LogP contribution in [0.25, 0.3) is 110 Å². The highest BCUT2D eigenvalue weighted by atomic mass is 15.4. The van der Waals surface area contributed by atoms with Gasteiger partial charge >= 0.3 is 0 Å². The van der Waals surface area contributed by atoms with Gasteiger partial charge < -0.3 is 52.2 Å². The van der Waals surface area contributed by atoms with Crippen LogP contribution in [0.3, 0.4) is 0 Å². The van der Waals surface area contributed by atoms with E-state index in [0.717, 1.165) is 50.1 Å². The molecule has 12 atom stereocenters. The number of aromatic nitrogens is 5. The predicted octanol–water partition coefficient (Wildman–Crippen LogP) is 31.0. The second kappa shape index (κ2) is 38.0. The topological polar surface area (TPSA) is 53.8 Å². The number of hydrogen-bond donors (Lipinski definition) is 0. The van der Waals surface area contributed by atoms with E-state index in [4.69, 9.17) is 0 Å². The Labute approximate surface area is 872 Å². The molecule has 34 rings (SSSR count). The first-order valence-electron chi connectivity index (χ1n) is 55.0. The van der Waals surface area contributed by atoms with Crippen molar-refractivity contribution in [2.45, 2.75) is 219 Å². The number of aryl methyl sites for hydroxylation is 5. The Balaban J connectivity index is 0.0000000956. The molecule has 10 bridgehead atoms. The van der Waals surface area contributed by atoms with E-state index >= 15 is 0 Å². The Morgan fingerprint density at radius 2 is 0.628 bits per heavy atom. The van der Waals surface area contributed by atoms with E-state index < -0.39 is 0 Å². The molecule has 16 heterocycles. The zero-order valence-corrected chi connectivity index (χ0v) is 87.9. The van der Waals surface area contributed by atoms with Gasteiger partial charge in [0.25, 0.3) is 0 Å². The average molecular weight is 1940 g/mol. The smallest absolute Gasteiger partial charge is 0.108 e. The van der Waals surface area contributed by atoms with Gasteiger partial charge in [0.05, 0.1) is 80.9 Å². The van der Waals surface area contributed by atoms with Gasteiger partial charge in [-0.2, -0.15) is 0 Å². The third kappa shape index (κ3) is 15.6. The first-order valence-corrected chi connectivity index (χ1v) is 55.0. The molecule has 20 aromatic rings. The van der Waals surface area contributed by atoms with Gasteiger partial charge in [-0.25, -0.2) is 0 Å². The minimum absolute atomic E-state index is 0.318. The number of hydrogen-bond acceptors (Lipinski definition) is 9. The molecule has 6 saturated heterocycles. The molecule has 0 N–H and O–H groups in total. The van der Waals surface area contributed by atoms with Crippen LogP contribution in [0.1, 0.15) is 173 Å². The minimum Gasteiger partial charge on any atom is -0.353 e. The summed E-state index contributed by atoms with van der Waals surface area (Å²) in [6.07, 6.45) is 19.0. The number of rotatable bonds is 9. The minimum atomic E-state index is 0.318. The molecule has 0 amide bonds. The molecule has 148 heavy (non-hydrogen) atoms. The Morgan fingerprint density at radius 3 is 1.09 bits per heavy atom. The summed E-state index contributed by atoms with van der Waals surface area (Å²) in [6, 6.07) is 134. The summed E-state index contributed by atoms with van der Waals surface area (Å²) < 4.78 is 11.9. The van der Waals surface area contributed by atoms with Crippen LogP contribution < -0.4 is 29.4 Å². The monoisotopic (exact) mass is 1940 g/mol. The number of nitrogens with zero attached hydrogens (tertiary/aromatic N) is 14. The Kier molecular flexibility index (Phi) is 23.9. The van der Waals surface area contributed by atoms with Crippen molar-refractivity contribution in [3.8, 4) is 22.7 Å². The lowest BCUT2D eigenvalue weighted by atomic mass is 9.84. The Morgan fingerprint density at radius 1 is 0.250 bits per heavy atom. The quantitative estimate of drug-likeness (QED) is 0.141. The standard InChI is InChI=1S/C32H31N3.2C31H29N3.C28H31N3.C12H18N2/c1-21-19-32-27(26-15-9-10-16-29(26)35(32)23-11-5-4-6-12-23)20-31(21)34-22(2)33(3)28-17-18-30(34)25-14-8-7-13-24(25)28;1-21-18-31-27(26-13-7-9-15-29(26)34(31)24-11-4-3-5-12-24)20-30(21)33-22(2)32-17-16-25(33)19-23-10-6-8-14-28(23)32;1-21-18-31-27(26-14-8-9-15-28(26)34(31)24-11-4-3-5-12-24)19-30(21)33-22(2)32-17-16-29(33)25-13-7-6-10-23(25)20-32;1-19-17-28-25(18-27(19)30-20(2)29(3)21-13-15-23(30)16-14-21)24-11-7-8-12-26(24)31(28)22-9-5-4-6-10-22;1-9-10-5-6-11(8-10)14(9)12-4-3-7-13(12)2/h4-16,19-20,22,28,30H,17-18H2,1-3H3;3-15,18,20,22,25H,16-17,19H2,1-2H3;3-15,18-19,22,29H,16-17,20H2,1-2H3;4-12,17-18,20-21,23H,13-16H2,1-3H3;3-4,7,9-11H,5-6,8H2,1-2H3. The van der Waals surface area contributed by atoms with Crippen LogP contribution in [0, 0.1) is 33.6 Å². The summed E-state index contributed by atoms with van der Waals surface area (Å²) in [5.74, 6) is 2.36. The van der Waals surface area contributed by atoms with Crippen LogP contribution in [0.4, 0.5) is 34.3 Å². The summed E-state index contributed by atoms with van der Waals surface area (Å²) in [4.78, 5) is 23.9. The zero-order chi connectivity index (χ0) is 100. The summed E-state index contributed by atoms with van der Waals surface area (Å²) >= 11 is 0. The van der Waals surface area contributed by atoms with Crippen LogP contribution in [0.5, 0.6) is 0 Å². The van der Waals surface area contributed by atoms with E-state index in [1.807, 2.05) is 0 Å². The molecule has 744 valence electrons. The molecule has 3 aliphatic carbocycles. The third-order valence-corrected chi connectivity index (χ3v) is 36.6. The van der Waals surface area contributed by atoms with Crippen molar-refractivity contribution in [3.63, 3.8) is 0 Å². The van der Waals surface area contributed by atoms with Gasteiger partial charge in [0.15, 0.2) is 0 Å². The lowest BCUT2D eigenvalue weighted by Gasteiger charge is -2.47. The van der Waals surface area contributed by atoms with Crippen molar-refractivity contribution < 1.29 is 0 Å². The van der Waals surface area contributed by atoms with Gasteiger partial charge in [0.1, 0.15) is 5.82 Å². The van der Waals surface area contributed by atoms with Crippen LogP contribution >= 0.6 is 0 Å². The van der Waals surface area contributed by atoms with Crippen molar-refractivity contribution in [1.29, 1.82) is 0 Å². The molecular weight excluding hydrogens is 1810 g/mol. The fourth-order valence-electron chi connectivity index (χ4n) is 29.2. The molecule has 15 aromatic carbocycles. The van der Waals surface area contributed by atoms with E-state index in [1.165, 1.54) is 265 Å². The predicted molar refractivity (Wildman–Crippen MR) is 621 cm³/mol. The van der Waals surface area contributed by atoms with Crippen molar-refractivity contribution in [2.75, 3.05) is 56.6 Å². The first kappa shape index (κ1) is 93.3. The molecule has 12 unspecified atom stereocenters. The average Bonchev–Trinajstić information content (AvgIpc) is 1.58. The molecule has 0 radical (unpaired) electrons. The SMILES string of the molecule is CC1C2CCC(C2)N1c1cccn1C.Cc1cc2c(cc1N1C3CCC(CC3)N(C)C1C)c1ccccc1n2-c1ccccc1.Cc1cc2c(cc1N1C3CCC(c4ccccc43)N(C)C1C)c1ccccc1n2-c1ccccc1.Cc1cc2c(cc1N1C3CCN(Cc4ccccc43)C1C)c1ccccc1n2-c1ccccc1.Cc1cc2c(cc1N1C3CCN(c4ccccc4C3)C1C)c1ccccc1n2-c1ccccc1. The van der Waals surface area contributed by atoms with Gasteiger partial charge in [-0.05, 0) is 349 Å². The van der Waals surface area contributed by atoms with Gasteiger partial charge in [0, 0.05) is 163 Å². The Hall–Kier alpha value is -14.5. The number of fused-ring (bicyclic) bond motifs is 25. The highest BCUT2D eigenvalue weighted by Gasteiger charge is 2.47. The maximum Gasteiger partial charge on any atom is 0.108 e. The van der Waals surface area contributed by atoms with Crippen molar-refractivity contribution >= 4 is 121 Å². The lowest BCUT2D eigenvalue weighted by molar-refractivity contribution is 0.154. The highest BCUT2D eigenvalue weighted by molar-refractivity contribution is 6.14. The zero-order valence-electron chi connectivity index (χ0n) is 87.9. The number of piperidine rings is 1. The number of para-hydroxylation sites is 9. The third-order valence-electron chi connectivity index (χ3n) is 36.6.